The number of anilines is 7. The lowest BCUT2D eigenvalue weighted by Gasteiger charge is -2.44. The average molecular weight is 1270 g/mol. The highest BCUT2D eigenvalue weighted by molar-refractivity contribution is 14.1. The van der Waals surface area contributed by atoms with E-state index in [0.717, 1.165) is 42.7 Å². The summed E-state index contributed by atoms with van der Waals surface area (Å²) in [5, 5.41) is 0. The first-order valence-corrected chi connectivity index (χ1v) is 33.0. The fraction of sp³-hybridized carbons (Fsp3) is 0.229. The first-order valence-electron chi connectivity index (χ1n) is 32.0. The minimum absolute atomic E-state index is 0.0341. The largest absolute Gasteiger partial charge is 0.342 e. The summed E-state index contributed by atoms with van der Waals surface area (Å²) in [6.07, 6.45) is 18.5. The number of nitrogens with zero attached hydrogens (tertiary/aromatic N) is 5. The molecule has 1 saturated heterocycles. The Morgan fingerprint density at radius 2 is 1.21 bits per heavy atom. The van der Waals surface area contributed by atoms with E-state index in [9.17, 15) is 0 Å². The molecular formula is C83H80IN5. The molecule has 9 aromatic carbocycles. The fourth-order valence-corrected chi connectivity index (χ4v) is 15.2. The van der Waals surface area contributed by atoms with E-state index in [2.05, 4.69) is 357 Å². The molecule has 6 heteroatoms. The molecule has 0 amide bonds. The number of para-hydroxylation sites is 4. The molecule has 2 aliphatic carbocycles. The molecule has 89 heavy (non-hydrogen) atoms. The maximum atomic E-state index is 2.79. The van der Waals surface area contributed by atoms with Gasteiger partial charge < -0.3 is 19.6 Å². The van der Waals surface area contributed by atoms with Crippen LogP contribution in [-0.2, 0) is 18.3 Å². The Balaban J connectivity index is 0.882. The molecule has 0 saturated carbocycles. The number of hydrogen-bond acceptors (Lipinski definition) is 5. The molecule has 5 nitrogen and oxygen atoms in total. The number of benzene rings is 9. The van der Waals surface area contributed by atoms with Gasteiger partial charge >= 0.3 is 0 Å². The number of halogens is 1. The van der Waals surface area contributed by atoms with E-state index in [-0.39, 0.29) is 29.0 Å². The van der Waals surface area contributed by atoms with Crippen LogP contribution in [0.1, 0.15) is 101 Å². The van der Waals surface area contributed by atoms with Gasteiger partial charge in [0.2, 0.25) is 0 Å². The van der Waals surface area contributed by atoms with Crippen molar-refractivity contribution >= 4 is 68.4 Å². The average Bonchev–Trinajstić information content (AvgIpc) is 1.52. The third kappa shape index (κ3) is 10.9. The Bertz CT molecular complexity index is 4280. The van der Waals surface area contributed by atoms with Crippen LogP contribution in [0, 0.1) is 12.3 Å². The summed E-state index contributed by atoms with van der Waals surface area (Å²) in [6, 6.07) is 80.2. The van der Waals surface area contributed by atoms with Gasteiger partial charge in [0.15, 0.2) is 0 Å². The number of hydrogen-bond donors (Lipinski definition) is 0. The molecule has 4 atom stereocenters. The molecule has 3 heterocycles. The zero-order valence-corrected chi connectivity index (χ0v) is 55.1. The Kier molecular flexibility index (Phi) is 15.3. The van der Waals surface area contributed by atoms with Crippen LogP contribution in [0.4, 0.5) is 39.8 Å². The second-order valence-electron chi connectivity index (χ2n) is 27.1. The maximum absolute atomic E-state index is 2.79. The summed E-state index contributed by atoms with van der Waals surface area (Å²) in [5.74, 6) is 0.0604. The van der Waals surface area contributed by atoms with Crippen molar-refractivity contribution in [1.82, 2.24) is 4.90 Å². The summed E-state index contributed by atoms with van der Waals surface area (Å²) < 4.78 is 2.34. The second-order valence-corrected chi connectivity index (χ2v) is 28.1. The molecule has 0 bridgehead atoms. The minimum Gasteiger partial charge on any atom is -0.342 e. The topological polar surface area (TPSA) is 16.0 Å². The third-order valence-corrected chi connectivity index (χ3v) is 20.3. The first kappa shape index (κ1) is 58.1. The molecule has 9 aromatic rings. The van der Waals surface area contributed by atoms with Gasteiger partial charge in [0, 0.05) is 58.0 Å². The molecule has 3 aliphatic heterocycles. The molecule has 0 radical (unpaired) electrons. The molecule has 0 aromatic heterocycles. The predicted octanol–water partition coefficient (Wildman–Crippen LogP) is 22.0. The monoisotopic (exact) mass is 1270 g/mol. The van der Waals surface area contributed by atoms with Crippen LogP contribution in [0.3, 0.4) is 0 Å². The summed E-state index contributed by atoms with van der Waals surface area (Å²) in [4.78, 5) is 10.6. The quantitative estimate of drug-likeness (QED) is 0.0686. The van der Waals surface area contributed by atoms with E-state index >= 15 is 0 Å². The first-order chi connectivity index (χ1) is 43.1. The van der Waals surface area contributed by atoms with Gasteiger partial charge in [-0.05, 0) is 161 Å². The van der Waals surface area contributed by atoms with Crippen molar-refractivity contribution in [3.63, 3.8) is 0 Å². The highest BCUT2D eigenvalue weighted by atomic mass is 127. The van der Waals surface area contributed by atoms with E-state index in [1.807, 2.05) is 0 Å². The van der Waals surface area contributed by atoms with E-state index in [0.29, 0.717) is 6.04 Å². The van der Waals surface area contributed by atoms with Gasteiger partial charge in [-0.15, -0.1) is 0 Å². The second kappa shape index (κ2) is 23.4. The van der Waals surface area contributed by atoms with Gasteiger partial charge in [0.25, 0.3) is 0 Å². The van der Waals surface area contributed by atoms with Crippen molar-refractivity contribution in [3.8, 4) is 33.4 Å². The molecule has 14 rings (SSSR count). The Labute approximate surface area is 542 Å². The van der Waals surface area contributed by atoms with Crippen LogP contribution in [0.25, 0.3) is 39.1 Å². The number of aryl methyl sites for hydroxylation is 3. The number of fused-ring (bicyclic) bond motifs is 7. The summed E-state index contributed by atoms with van der Waals surface area (Å²) in [6.45, 7) is 18.8. The van der Waals surface area contributed by atoms with Crippen LogP contribution < -0.4 is 17.8 Å². The standard InChI is InChI=1S/C83H80IN5/c1-55-26-23-32-61(50-55)78-56(2)79-81(88(78)79)87-72-39-20-19-36-68(72)70-53-62(82(3,4)5)45-48-73(70)86(64-33-17-12-18-34-64)74-49-46-63(83(6,7)8)54-71(74)69-47-44-58(52-77(69)87)43-42-57-27-24-35-65(51-57)89(84)76-41-22-21-40-75(76)85(9)80-66(59-28-13-10-14-29-59)37-25-38-67(80)60-30-15-11-16-31-60/h10-17,19-33,35-41,44-54,70,73,79,81H,18,34,42-43H2,1-9H3. The maximum Gasteiger partial charge on any atom is 0.132 e. The highest BCUT2D eigenvalue weighted by Gasteiger charge is 2.62. The summed E-state index contributed by atoms with van der Waals surface area (Å²) >= 11 is 2.53. The lowest BCUT2D eigenvalue weighted by Crippen LogP contribution is -2.41. The van der Waals surface area contributed by atoms with Crippen LogP contribution >= 0.6 is 22.9 Å². The minimum atomic E-state index is -0.0726. The zero-order valence-electron chi connectivity index (χ0n) is 52.9. The molecule has 0 spiro atoms. The molecule has 444 valence electrons. The predicted molar refractivity (Wildman–Crippen MR) is 386 cm³/mol. The normalized spacial score (nSPS) is 18.4. The van der Waals surface area contributed by atoms with Gasteiger partial charge in [-0.2, -0.15) is 0 Å². The van der Waals surface area contributed by atoms with E-state index < -0.39 is 0 Å². The smallest absolute Gasteiger partial charge is 0.132 e. The van der Waals surface area contributed by atoms with Crippen molar-refractivity contribution in [2.24, 2.45) is 5.41 Å². The van der Waals surface area contributed by atoms with E-state index in [1.54, 1.807) is 0 Å². The molecule has 4 unspecified atom stereocenters. The molecular weight excluding hydrogens is 1190 g/mol. The lowest BCUT2D eigenvalue weighted by atomic mass is 9.75. The van der Waals surface area contributed by atoms with Crippen molar-refractivity contribution in [2.75, 3.05) is 24.9 Å². The molecule has 5 aliphatic rings. The Morgan fingerprint density at radius 3 is 1.91 bits per heavy atom. The van der Waals surface area contributed by atoms with Crippen molar-refractivity contribution < 1.29 is 0 Å². The number of rotatable bonds is 12. The van der Waals surface area contributed by atoms with Crippen LogP contribution in [-0.4, -0.2) is 30.2 Å². The SMILES string of the molecule is CC1=C(c2cccc(C)c2)N2C1C2N1c2cc(CCc3cccc(N(I)c4ccccc4N(C)c4c(-c5ccccc5)cccc4-c4ccccc4)c3)ccc2-c2cc(C(C)(C)C)ccc2N(C2=CC=CCC2)C2C=CC(C(C)(C)C)=CC2c2ccccc21. The summed E-state index contributed by atoms with van der Waals surface area (Å²) in [7, 11) is 2.22. The molecule has 1 fully saturated rings. The third-order valence-electron chi connectivity index (χ3n) is 19.2. The van der Waals surface area contributed by atoms with Crippen molar-refractivity contribution in [1.29, 1.82) is 0 Å². The van der Waals surface area contributed by atoms with Crippen LogP contribution in [0.5, 0.6) is 0 Å². The van der Waals surface area contributed by atoms with Gasteiger partial charge in [-0.3, -0.25) is 3.11 Å². The summed E-state index contributed by atoms with van der Waals surface area (Å²) in [5.41, 5.74) is 29.0. The number of allylic oxidation sites excluding steroid dienone is 6. The van der Waals surface area contributed by atoms with E-state index in [1.165, 1.54) is 112 Å². The van der Waals surface area contributed by atoms with Gasteiger partial charge in [-0.1, -0.05) is 235 Å². The highest BCUT2D eigenvalue weighted by Crippen LogP contribution is 2.60. The van der Waals surface area contributed by atoms with Gasteiger partial charge in [-0.25, -0.2) is 0 Å². The van der Waals surface area contributed by atoms with Crippen molar-refractivity contribution in [3.05, 3.63) is 299 Å². The van der Waals surface area contributed by atoms with Crippen LogP contribution in [0.15, 0.2) is 266 Å². The zero-order chi connectivity index (χ0) is 61.3. The Morgan fingerprint density at radius 1 is 0.551 bits per heavy atom. The fourth-order valence-electron chi connectivity index (χ4n) is 14.5. The molecule has 0 N–H and O–H groups in total. The lowest BCUT2D eigenvalue weighted by molar-refractivity contribution is 0.503. The van der Waals surface area contributed by atoms with Gasteiger partial charge in [0.05, 0.1) is 63.4 Å². The van der Waals surface area contributed by atoms with Crippen molar-refractivity contribution in [2.45, 2.75) is 111 Å². The van der Waals surface area contributed by atoms with Crippen LogP contribution in [0.2, 0.25) is 0 Å². The van der Waals surface area contributed by atoms with E-state index in [4.69, 9.17) is 0 Å². The van der Waals surface area contributed by atoms with Gasteiger partial charge in [0.1, 0.15) is 6.17 Å². The Hall–Kier alpha value is -8.59.